The Morgan fingerprint density at radius 1 is 1.31 bits per heavy atom. The van der Waals surface area contributed by atoms with E-state index in [0.29, 0.717) is 18.8 Å². The molecule has 1 saturated carbocycles. The molecule has 3 fully saturated rings. The predicted molar refractivity (Wildman–Crippen MR) is 97.3 cm³/mol. The Hall–Kier alpha value is -0.720. The van der Waals surface area contributed by atoms with Crippen LogP contribution in [0.25, 0.3) is 0 Å². The van der Waals surface area contributed by atoms with Crippen LogP contribution in [0.4, 0.5) is 0 Å². The number of methoxy groups -OCH3 is 1. The van der Waals surface area contributed by atoms with Crippen LogP contribution >= 0.6 is 0 Å². The zero-order chi connectivity index (χ0) is 19.0. The Morgan fingerprint density at radius 2 is 2.04 bits per heavy atom. The van der Waals surface area contributed by atoms with Crippen molar-refractivity contribution >= 4 is 0 Å². The second-order valence-corrected chi connectivity index (χ2v) is 9.35. The molecule has 0 amide bonds. The summed E-state index contributed by atoms with van der Waals surface area (Å²) in [6.45, 7) is 10.5. The van der Waals surface area contributed by atoms with Gasteiger partial charge in [0.15, 0.2) is 17.5 Å². The molecule has 1 spiro atoms. The minimum atomic E-state index is -1.45. The SMILES string of the molecule is C=C1CC[C@@H]2CC[C@]34O[C@@]3(C2(C)C)[C@@](O)(C/C(C)=C/[C@@H](O)C1)O[C@@H]4OC. The van der Waals surface area contributed by atoms with Crippen molar-refractivity contribution in [3.8, 4) is 0 Å². The maximum Gasteiger partial charge on any atom is 0.205 e. The quantitative estimate of drug-likeness (QED) is 0.553. The van der Waals surface area contributed by atoms with Crippen LogP contribution in [0.15, 0.2) is 23.8 Å². The largest absolute Gasteiger partial charge is 0.389 e. The van der Waals surface area contributed by atoms with E-state index >= 15 is 0 Å². The zero-order valence-corrected chi connectivity index (χ0v) is 16.4. The van der Waals surface area contributed by atoms with Gasteiger partial charge in [-0.15, -0.1) is 0 Å². The van der Waals surface area contributed by atoms with Crippen molar-refractivity contribution in [2.45, 2.75) is 88.7 Å². The zero-order valence-electron chi connectivity index (χ0n) is 16.4. The van der Waals surface area contributed by atoms with Gasteiger partial charge in [0, 0.05) is 18.9 Å². The topological polar surface area (TPSA) is 71.5 Å². The van der Waals surface area contributed by atoms with Gasteiger partial charge in [0.25, 0.3) is 0 Å². The molecule has 0 radical (unpaired) electrons. The van der Waals surface area contributed by atoms with Crippen molar-refractivity contribution in [1.82, 2.24) is 0 Å². The minimum absolute atomic E-state index is 0.258. The molecule has 0 aromatic rings. The summed E-state index contributed by atoms with van der Waals surface area (Å²) in [7, 11) is 1.61. The van der Waals surface area contributed by atoms with Crippen LogP contribution in [0.5, 0.6) is 0 Å². The number of epoxide rings is 1. The van der Waals surface area contributed by atoms with Crippen molar-refractivity contribution < 1.29 is 24.4 Å². The van der Waals surface area contributed by atoms with Gasteiger partial charge < -0.3 is 24.4 Å². The number of rotatable bonds is 1. The molecule has 2 heterocycles. The Labute approximate surface area is 156 Å². The molecule has 0 aromatic carbocycles. The molecule has 4 rings (SSSR count). The molecule has 4 aliphatic rings. The molecule has 5 heteroatoms. The lowest BCUT2D eigenvalue weighted by molar-refractivity contribution is -0.312. The van der Waals surface area contributed by atoms with E-state index in [1.807, 2.05) is 13.0 Å². The fourth-order valence-corrected chi connectivity index (χ4v) is 6.30. The number of hydrogen-bond donors (Lipinski definition) is 2. The number of fused-ring (bicyclic) bond motifs is 1. The van der Waals surface area contributed by atoms with Gasteiger partial charge in [-0.3, -0.25) is 0 Å². The average Bonchev–Trinajstić information content (AvgIpc) is 3.19. The summed E-state index contributed by atoms with van der Waals surface area (Å²) >= 11 is 0. The van der Waals surface area contributed by atoms with Crippen LogP contribution in [0.1, 0.15) is 59.3 Å². The molecular formula is C21H32O5. The molecule has 26 heavy (non-hydrogen) atoms. The van der Waals surface area contributed by atoms with Gasteiger partial charge in [-0.1, -0.05) is 37.6 Å². The fourth-order valence-electron chi connectivity index (χ4n) is 6.30. The van der Waals surface area contributed by atoms with E-state index in [9.17, 15) is 10.2 Å². The minimum Gasteiger partial charge on any atom is -0.389 e. The Bertz CT molecular complexity index is 655. The Kier molecular flexibility index (Phi) is 4.05. The Balaban J connectivity index is 1.81. The first-order valence-corrected chi connectivity index (χ1v) is 9.77. The third-order valence-corrected chi connectivity index (χ3v) is 7.47. The molecule has 2 aliphatic carbocycles. The first-order valence-electron chi connectivity index (χ1n) is 9.77. The summed E-state index contributed by atoms with van der Waals surface area (Å²) in [6.07, 6.45) is 5.24. The molecule has 0 aromatic heterocycles. The number of aliphatic hydroxyl groups is 2. The summed E-state index contributed by atoms with van der Waals surface area (Å²) in [5, 5.41) is 22.0. The molecule has 2 N–H and O–H groups in total. The normalized spacial score (nSPS) is 52.3. The molecule has 6 atom stereocenters. The van der Waals surface area contributed by atoms with Gasteiger partial charge >= 0.3 is 0 Å². The van der Waals surface area contributed by atoms with Crippen LogP contribution < -0.4 is 0 Å². The lowest BCUT2D eigenvalue weighted by Gasteiger charge is -2.47. The van der Waals surface area contributed by atoms with Crippen molar-refractivity contribution in [3.05, 3.63) is 23.8 Å². The van der Waals surface area contributed by atoms with Crippen LogP contribution in [-0.4, -0.2) is 46.7 Å². The van der Waals surface area contributed by atoms with Gasteiger partial charge in [-0.05, 0) is 44.9 Å². The van der Waals surface area contributed by atoms with Gasteiger partial charge in [-0.2, -0.15) is 0 Å². The Morgan fingerprint density at radius 3 is 2.73 bits per heavy atom. The van der Waals surface area contributed by atoms with E-state index in [0.717, 1.165) is 36.8 Å². The summed E-state index contributed by atoms with van der Waals surface area (Å²) < 4.78 is 18.2. The van der Waals surface area contributed by atoms with Crippen LogP contribution in [-0.2, 0) is 14.2 Å². The molecule has 2 saturated heterocycles. The lowest BCUT2D eigenvalue weighted by Crippen LogP contribution is -2.59. The van der Waals surface area contributed by atoms with Crippen molar-refractivity contribution in [3.63, 3.8) is 0 Å². The second kappa shape index (κ2) is 5.65. The van der Waals surface area contributed by atoms with Gasteiger partial charge in [0.1, 0.15) is 0 Å². The lowest BCUT2D eigenvalue weighted by atomic mass is 9.54. The van der Waals surface area contributed by atoms with Crippen LogP contribution in [0, 0.1) is 11.3 Å². The third kappa shape index (κ3) is 2.15. The van der Waals surface area contributed by atoms with E-state index in [-0.39, 0.29) is 5.41 Å². The van der Waals surface area contributed by atoms with E-state index in [2.05, 4.69) is 20.4 Å². The molecule has 5 nitrogen and oxygen atoms in total. The molecule has 146 valence electrons. The van der Waals surface area contributed by atoms with Crippen molar-refractivity contribution in [1.29, 1.82) is 0 Å². The summed E-state index contributed by atoms with van der Waals surface area (Å²) in [6, 6.07) is 0. The number of ether oxygens (including phenoxy) is 3. The monoisotopic (exact) mass is 364 g/mol. The van der Waals surface area contributed by atoms with Crippen LogP contribution in [0.3, 0.4) is 0 Å². The average molecular weight is 364 g/mol. The van der Waals surface area contributed by atoms with E-state index in [1.165, 1.54) is 0 Å². The maximum atomic E-state index is 11.7. The van der Waals surface area contributed by atoms with E-state index < -0.39 is 29.4 Å². The number of hydrogen-bond acceptors (Lipinski definition) is 5. The highest BCUT2D eigenvalue weighted by Gasteiger charge is 2.93. The molecule has 2 bridgehead atoms. The first kappa shape index (κ1) is 18.6. The van der Waals surface area contributed by atoms with Gasteiger partial charge in [-0.25, -0.2) is 0 Å². The number of aliphatic hydroxyl groups excluding tert-OH is 1. The van der Waals surface area contributed by atoms with E-state index in [4.69, 9.17) is 14.2 Å². The summed E-state index contributed by atoms with van der Waals surface area (Å²) in [5.41, 5.74) is 0.359. The highest BCUT2D eigenvalue weighted by Crippen LogP contribution is 2.77. The van der Waals surface area contributed by atoms with Crippen LogP contribution in [0.2, 0.25) is 0 Å². The molecular weight excluding hydrogens is 332 g/mol. The predicted octanol–water partition coefficient (Wildman–Crippen LogP) is 3.06. The highest BCUT2D eigenvalue weighted by atomic mass is 16.8. The maximum absolute atomic E-state index is 11.7. The van der Waals surface area contributed by atoms with Crippen molar-refractivity contribution in [2.24, 2.45) is 11.3 Å². The second-order valence-electron chi connectivity index (χ2n) is 9.35. The standard InChI is InChI=1S/C21H32O5/c1-13-6-7-15-8-9-19-17(24-5)25-20(23,12-14(2)11-16(22)10-13)21(19,26-19)18(15,3)4/h11,15-17,22-23H,1,6-10,12H2,2-5H3/b14-11+/t15-,16+,17+,19-,20-,21-/m1/s1. The van der Waals surface area contributed by atoms with Gasteiger partial charge in [0.2, 0.25) is 5.79 Å². The fraction of sp³-hybridized carbons (Fsp3) is 0.810. The van der Waals surface area contributed by atoms with Crippen molar-refractivity contribution in [2.75, 3.05) is 7.11 Å². The van der Waals surface area contributed by atoms with Gasteiger partial charge in [0.05, 0.1) is 6.10 Å². The molecule has 2 aliphatic heterocycles. The molecule has 0 unspecified atom stereocenters. The third-order valence-electron chi connectivity index (χ3n) is 7.47. The highest BCUT2D eigenvalue weighted by molar-refractivity contribution is 5.37. The summed E-state index contributed by atoms with van der Waals surface area (Å²) in [5.74, 6) is -1.06. The summed E-state index contributed by atoms with van der Waals surface area (Å²) in [4.78, 5) is 0. The van der Waals surface area contributed by atoms with E-state index in [1.54, 1.807) is 7.11 Å². The first-order chi connectivity index (χ1) is 12.1. The smallest absolute Gasteiger partial charge is 0.205 e.